The third-order valence-corrected chi connectivity index (χ3v) is 4.07. The second kappa shape index (κ2) is 6.71. The van der Waals surface area contributed by atoms with E-state index in [9.17, 15) is 4.79 Å². The number of hydrogen-bond donors (Lipinski definition) is 2. The average Bonchev–Trinajstić information content (AvgIpc) is 2.46. The molecule has 1 aliphatic carbocycles. The molecule has 0 aliphatic heterocycles. The monoisotopic (exact) mass is 261 g/mol. The van der Waals surface area contributed by atoms with E-state index in [0.29, 0.717) is 12.1 Å². The van der Waals surface area contributed by atoms with Gasteiger partial charge in [0, 0.05) is 12.1 Å². The van der Waals surface area contributed by atoms with E-state index in [2.05, 4.69) is 36.5 Å². The van der Waals surface area contributed by atoms with Crippen LogP contribution < -0.4 is 5.32 Å². The van der Waals surface area contributed by atoms with Crippen LogP contribution in [0, 0.1) is 5.92 Å². The lowest BCUT2D eigenvalue weighted by molar-refractivity contribution is -0.143. The van der Waals surface area contributed by atoms with E-state index in [1.54, 1.807) is 0 Å². The summed E-state index contributed by atoms with van der Waals surface area (Å²) in [5.74, 6) is -0.807. The number of carboxylic acid groups (broad SMARTS) is 1. The molecule has 1 aliphatic rings. The standard InChI is InChI=1S/C16H23NO2/c1-2-15(12-7-4-3-5-8-12)17-14-10-6-9-13(11-14)16(18)19/h3-5,7-8,13-15,17H,2,6,9-11H2,1H3,(H,18,19). The number of aliphatic carboxylic acids is 1. The molecule has 0 bridgehead atoms. The van der Waals surface area contributed by atoms with E-state index in [1.165, 1.54) is 5.56 Å². The Labute approximate surface area is 115 Å². The molecular formula is C16H23NO2. The normalized spacial score (nSPS) is 24.9. The molecule has 0 saturated heterocycles. The lowest BCUT2D eigenvalue weighted by Crippen LogP contribution is -2.38. The van der Waals surface area contributed by atoms with E-state index in [0.717, 1.165) is 32.1 Å². The average molecular weight is 261 g/mol. The number of carbonyl (C=O) groups is 1. The van der Waals surface area contributed by atoms with Crippen LogP contribution in [-0.2, 0) is 4.79 Å². The van der Waals surface area contributed by atoms with E-state index in [4.69, 9.17) is 5.11 Å². The fraction of sp³-hybridized carbons (Fsp3) is 0.562. The SMILES string of the molecule is CCC(NC1CCCC(C(=O)O)C1)c1ccccc1. The summed E-state index contributed by atoms with van der Waals surface area (Å²) in [6.07, 6.45) is 4.72. The fourth-order valence-corrected chi connectivity index (χ4v) is 2.99. The van der Waals surface area contributed by atoms with E-state index >= 15 is 0 Å². The van der Waals surface area contributed by atoms with Crippen LogP contribution in [0.1, 0.15) is 50.6 Å². The highest BCUT2D eigenvalue weighted by molar-refractivity contribution is 5.70. The molecule has 1 aromatic carbocycles. The summed E-state index contributed by atoms with van der Waals surface area (Å²) in [6, 6.07) is 11.1. The van der Waals surface area contributed by atoms with Gasteiger partial charge < -0.3 is 10.4 Å². The van der Waals surface area contributed by atoms with Gasteiger partial charge in [-0.05, 0) is 31.2 Å². The van der Waals surface area contributed by atoms with Crippen molar-refractivity contribution in [2.24, 2.45) is 5.92 Å². The summed E-state index contributed by atoms with van der Waals surface area (Å²) >= 11 is 0. The Morgan fingerprint density at radius 1 is 1.37 bits per heavy atom. The second-order valence-electron chi connectivity index (χ2n) is 5.44. The minimum absolute atomic E-state index is 0.167. The van der Waals surface area contributed by atoms with Crippen molar-refractivity contribution in [3.63, 3.8) is 0 Å². The van der Waals surface area contributed by atoms with Crippen molar-refractivity contribution in [2.45, 2.75) is 51.1 Å². The first-order chi connectivity index (χ1) is 9.20. The fourth-order valence-electron chi connectivity index (χ4n) is 2.99. The van der Waals surface area contributed by atoms with Gasteiger partial charge in [-0.25, -0.2) is 0 Å². The van der Waals surface area contributed by atoms with Gasteiger partial charge in [0.25, 0.3) is 0 Å². The summed E-state index contributed by atoms with van der Waals surface area (Å²) in [4.78, 5) is 11.1. The van der Waals surface area contributed by atoms with Gasteiger partial charge in [0.15, 0.2) is 0 Å². The molecule has 3 heteroatoms. The molecule has 2 rings (SSSR count). The predicted octanol–water partition coefficient (Wildman–Crippen LogP) is 3.37. The van der Waals surface area contributed by atoms with Crippen molar-refractivity contribution < 1.29 is 9.90 Å². The van der Waals surface area contributed by atoms with Crippen molar-refractivity contribution in [3.8, 4) is 0 Å². The van der Waals surface area contributed by atoms with E-state index in [-0.39, 0.29) is 5.92 Å². The maximum absolute atomic E-state index is 11.1. The molecule has 2 N–H and O–H groups in total. The van der Waals surface area contributed by atoms with Gasteiger partial charge in [-0.15, -0.1) is 0 Å². The first-order valence-electron chi connectivity index (χ1n) is 7.24. The molecule has 0 heterocycles. The van der Waals surface area contributed by atoms with Gasteiger partial charge in [0.2, 0.25) is 0 Å². The third kappa shape index (κ3) is 3.80. The number of nitrogens with one attached hydrogen (secondary N) is 1. The highest BCUT2D eigenvalue weighted by Gasteiger charge is 2.28. The quantitative estimate of drug-likeness (QED) is 0.854. The minimum atomic E-state index is -0.640. The zero-order valence-corrected chi connectivity index (χ0v) is 11.5. The molecule has 0 radical (unpaired) electrons. The van der Waals surface area contributed by atoms with Crippen LogP contribution in [0.25, 0.3) is 0 Å². The molecule has 0 spiro atoms. The molecule has 1 aromatic rings. The van der Waals surface area contributed by atoms with Gasteiger partial charge >= 0.3 is 5.97 Å². The topological polar surface area (TPSA) is 49.3 Å². The summed E-state index contributed by atoms with van der Waals surface area (Å²) in [5, 5.41) is 12.8. The third-order valence-electron chi connectivity index (χ3n) is 4.07. The van der Waals surface area contributed by atoms with Crippen molar-refractivity contribution in [2.75, 3.05) is 0 Å². The summed E-state index contributed by atoms with van der Waals surface area (Å²) < 4.78 is 0. The molecule has 1 fully saturated rings. The highest BCUT2D eigenvalue weighted by atomic mass is 16.4. The molecule has 3 unspecified atom stereocenters. The highest BCUT2D eigenvalue weighted by Crippen LogP contribution is 2.27. The number of rotatable bonds is 5. The Kier molecular flexibility index (Phi) is 4.97. The molecule has 3 atom stereocenters. The van der Waals surface area contributed by atoms with Crippen LogP contribution in [0.5, 0.6) is 0 Å². The van der Waals surface area contributed by atoms with Crippen molar-refractivity contribution in [1.82, 2.24) is 5.32 Å². The maximum Gasteiger partial charge on any atom is 0.306 e. The van der Waals surface area contributed by atoms with Gasteiger partial charge in [-0.1, -0.05) is 43.7 Å². The van der Waals surface area contributed by atoms with Crippen molar-refractivity contribution in [1.29, 1.82) is 0 Å². The molecule has 104 valence electrons. The van der Waals surface area contributed by atoms with E-state index in [1.807, 2.05) is 6.07 Å². The van der Waals surface area contributed by atoms with Crippen LogP contribution in [0.15, 0.2) is 30.3 Å². The Morgan fingerprint density at radius 3 is 2.74 bits per heavy atom. The van der Waals surface area contributed by atoms with Crippen LogP contribution in [0.2, 0.25) is 0 Å². The Morgan fingerprint density at radius 2 is 2.11 bits per heavy atom. The van der Waals surface area contributed by atoms with Crippen LogP contribution >= 0.6 is 0 Å². The van der Waals surface area contributed by atoms with E-state index < -0.39 is 5.97 Å². The lowest BCUT2D eigenvalue weighted by Gasteiger charge is -2.31. The Balaban J connectivity index is 1.97. The minimum Gasteiger partial charge on any atom is -0.481 e. The zero-order valence-electron chi connectivity index (χ0n) is 11.5. The number of hydrogen-bond acceptors (Lipinski definition) is 2. The lowest BCUT2D eigenvalue weighted by atomic mass is 9.85. The molecule has 0 aromatic heterocycles. The smallest absolute Gasteiger partial charge is 0.306 e. The molecule has 0 amide bonds. The molecular weight excluding hydrogens is 238 g/mol. The van der Waals surface area contributed by atoms with Gasteiger partial charge in [-0.2, -0.15) is 0 Å². The maximum atomic E-state index is 11.1. The van der Waals surface area contributed by atoms with Crippen molar-refractivity contribution in [3.05, 3.63) is 35.9 Å². The Hall–Kier alpha value is -1.35. The predicted molar refractivity (Wildman–Crippen MR) is 76.0 cm³/mol. The summed E-state index contributed by atoms with van der Waals surface area (Å²) in [6.45, 7) is 2.17. The first-order valence-corrected chi connectivity index (χ1v) is 7.24. The molecule has 1 saturated carbocycles. The van der Waals surface area contributed by atoms with Gasteiger partial charge in [0.1, 0.15) is 0 Å². The largest absolute Gasteiger partial charge is 0.481 e. The first kappa shape index (κ1) is 14.1. The summed E-state index contributed by atoms with van der Waals surface area (Å²) in [7, 11) is 0. The zero-order chi connectivity index (χ0) is 13.7. The van der Waals surface area contributed by atoms with Crippen LogP contribution in [0.4, 0.5) is 0 Å². The second-order valence-corrected chi connectivity index (χ2v) is 5.44. The van der Waals surface area contributed by atoms with Gasteiger partial charge in [0.05, 0.1) is 5.92 Å². The Bertz CT molecular complexity index is 404. The van der Waals surface area contributed by atoms with Gasteiger partial charge in [-0.3, -0.25) is 4.79 Å². The van der Waals surface area contributed by atoms with Crippen molar-refractivity contribution >= 4 is 5.97 Å². The molecule has 3 nitrogen and oxygen atoms in total. The number of benzene rings is 1. The molecule has 19 heavy (non-hydrogen) atoms. The summed E-state index contributed by atoms with van der Waals surface area (Å²) in [5.41, 5.74) is 1.29. The van der Waals surface area contributed by atoms with Crippen LogP contribution in [0.3, 0.4) is 0 Å². The van der Waals surface area contributed by atoms with Crippen LogP contribution in [-0.4, -0.2) is 17.1 Å². The number of carboxylic acids is 1.